The van der Waals surface area contributed by atoms with Crippen LogP contribution >= 0.6 is 0 Å². The fourth-order valence-corrected chi connectivity index (χ4v) is 2.16. The number of halogens is 1. The van der Waals surface area contributed by atoms with E-state index >= 15 is 0 Å². The van der Waals surface area contributed by atoms with E-state index in [0.29, 0.717) is 13.0 Å². The van der Waals surface area contributed by atoms with Crippen LogP contribution in [0.1, 0.15) is 38.2 Å². The van der Waals surface area contributed by atoms with E-state index in [0.717, 1.165) is 31.2 Å². The first-order valence-corrected chi connectivity index (χ1v) is 6.78. The van der Waals surface area contributed by atoms with Crippen LogP contribution in [0.5, 0.6) is 0 Å². The molecule has 1 aromatic carbocycles. The maximum absolute atomic E-state index is 13.1. The fraction of sp³-hybridized carbons (Fsp3) is 0.533. The third kappa shape index (κ3) is 3.25. The summed E-state index contributed by atoms with van der Waals surface area (Å²) in [5.41, 5.74) is 6.18. The Morgan fingerprint density at radius 3 is 2.79 bits per heavy atom. The van der Waals surface area contributed by atoms with E-state index in [1.807, 2.05) is 0 Å². The lowest BCUT2D eigenvalue weighted by molar-refractivity contribution is -0.150. The number of ether oxygens (including phenoxy) is 1. The highest BCUT2D eigenvalue weighted by molar-refractivity contribution is 5.80. The highest BCUT2D eigenvalue weighted by Gasteiger charge is 2.51. The highest BCUT2D eigenvalue weighted by atomic mass is 19.1. The van der Waals surface area contributed by atoms with Gasteiger partial charge in [0.05, 0.1) is 17.7 Å². The smallest absolute Gasteiger partial charge is 0.312 e. The summed E-state index contributed by atoms with van der Waals surface area (Å²) in [5.74, 6) is -0.539. The molecule has 104 valence electrons. The minimum Gasteiger partial charge on any atom is -0.465 e. The lowest BCUT2D eigenvalue weighted by Gasteiger charge is -2.14. The van der Waals surface area contributed by atoms with Crippen molar-refractivity contribution in [1.82, 2.24) is 0 Å². The molecule has 19 heavy (non-hydrogen) atoms. The van der Waals surface area contributed by atoms with Gasteiger partial charge in [0.25, 0.3) is 0 Å². The van der Waals surface area contributed by atoms with E-state index < -0.39 is 11.2 Å². The molecule has 1 saturated carbocycles. The second-order valence-electron chi connectivity index (χ2n) is 5.30. The molecule has 1 aliphatic carbocycles. The summed E-state index contributed by atoms with van der Waals surface area (Å²) in [6.07, 6.45) is 4.17. The molecule has 3 nitrogen and oxygen atoms in total. The molecule has 2 N–H and O–H groups in total. The fourth-order valence-electron chi connectivity index (χ4n) is 2.16. The van der Waals surface area contributed by atoms with Crippen molar-refractivity contribution in [3.05, 3.63) is 29.6 Å². The van der Waals surface area contributed by atoms with Gasteiger partial charge in [-0.3, -0.25) is 4.79 Å². The molecule has 0 bridgehead atoms. The van der Waals surface area contributed by atoms with Gasteiger partial charge in [0.1, 0.15) is 5.82 Å². The molecule has 0 aliphatic heterocycles. The molecule has 0 atom stereocenters. The van der Waals surface area contributed by atoms with Gasteiger partial charge in [-0.2, -0.15) is 0 Å². The quantitative estimate of drug-likeness (QED) is 0.488. The van der Waals surface area contributed by atoms with Gasteiger partial charge in [0.2, 0.25) is 0 Å². The van der Waals surface area contributed by atoms with Crippen molar-refractivity contribution >= 4 is 11.7 Å². The number of carbonyl (C=O) groups is 1. The minimum atomic E-state index is -0.417. The number of unbranched alkanes of at least 4 members (excludes halogenated alkanes) is 1. The first kappa shape index (κ1) is 13.8. The molecular formula is C15H20FNO2. The normalized spacial score (nSPS) is 16.1. The Labute approximate surface area is 112 Å². The van der Waals surface area contributed by atoms with Gasteiger partial charge in [-0.15, -0.1) is 0 Å². The summed E-state index contributed by atoms with van der Waals surface area (Å²) in [7, 11) is 0. The van der Waals surface area contributed by atoms with Crippen LogP contribution in [0.3, 0.4) is 0 Å². The van der Waals surface area contributed by atoms with E-state index in [4.69, 9.17) is 10.5 Å². The van der Waals surface area contributed by atoms with Gasteiger partial charge in [-0.05, 0) is 43.4 Å². The molecule has 0 spiro atoms. The summed E-state index contributed by atoms with van der Waals surface area (Å²) < 4.78 is 18.4. The van der Waals surface area contributed by atoms with Gasteiger partial charge < -0.3 is 10.5 Å². The maximum atomic E-state index is 13.1. The first-order chi connectivity index (χ1) is 9.07. The monoisotopic (exact) mass is 265 g/mol. The van der Waals surface area contributed by atoms with Crippen molar-refractivity contribution in [3.8, 4) is 0 Å². The lowest BCUT2D eigenvalue weighted by Crippen LogP contribution is -2.22. The van der Waals surface area contributed by atoms with Crippen LogP contribution in [0.25, 0.3) is 0 Å². The Morgan fingerprint density at radius 2 is 2.21 bits per heavy atom. The van der Waals surface area contributed by atoms with Crippen molar-refractivity contribution in [2.75, 3.05) is 12.3 Å². The van der Waals surface area contributed by atoms with Crippen LogP contribution in [-0.4, -0.2) is 12.6 Å². The zero-order valence-electron chi connectivity index (χ0n) is 11.2. The summed E-state index contributed by atoms with van der Waals surface area (Å²) in [5, 5.41) is 0. The number of anilines is 1. The van der Waals surface area contributed by atoms with Crippen LogP contribution in [0, 0.1) is 11.2 Å². The zero-order chi connectivity index (χ0) is 13.9. The molecule has 0 unspecified atom stereocenters. The highest BCUT2D eigenvalue weighted by Crippen LogP contribution is 2.49. The second kappa shape index (κ2) is 5.59. The predicted molar refractivity (Wildman–Crippen MR) is 72.1 cm³/mol. The second-order valence-corrected chi connectivity index (χ2v) is 5.30. The van der Waals surface area contributed by atoms with E-state index in [1.165, 1.54) is 6.07 Å². The van der Waals surface area contributed by atoms with Crippen molar-refractivity contribution in [1.29, 1.82) is 0 Å². The third-order valence-corrected chi connectivity index (χ3v) is 3.62. The molecule has 0 saturated heterocycles. The molecular weight excluding hydrogens is 245 g/mol. The topological polar surface area (TPSA) is 52.3 Å². The number of hydrogen-bond acceptors (Lipinski definition) is 3. The van der Waals surface area contributed by atoms with Crippen molar-refractivity contribution in [2.24, 2.45) is 5.41 Å². The Bertz CT molecular complexity index is 469. The average molecular weight is 265 g/mol. The third-order valence-electron chi connectivity index (χ3n) is 3.62. The van der Waals surface area contributed by atoms with Crippen LogP contribution in [0.15, 0.2) is 18.2 Å². The first-order valence-electron chi connectivity index (χ1n) is 6.78. The molecule has 2 rings (SSSR count). The van der Waals surface area contributed by atoms with E-state index in [-0.39, 0.29) is 11.7 Å². The van der Waals surface area contributed by atoms with Gasteiger partial charge in [0, 0.05) is 0 Å². The molecule has 4 heteroatoms. The molecule has 1 aromatic rings. The average Bonchev–Trinajstić information content (AvgIpc) is 3.15. The molecule has 0 heterocycles. The van der Waals surface area contributed by atoms with Crippen LogP contribution in [0.2, 0.25) is 0 Å². The summed E-state index contributed by atoms with van der Waals surface area (Å²) in [6.45, 7) is 2.55. The summed E-state index contributed by atoms with van der Waals surface area (Å²) >= 11 is 0. The van der Waals surface area contributed by atoms with Crippen LogP contribution in [0.4, 0.5) is 10.1 Å². The lowest BCUT2D eigenvalue weighted by atomic mass is 9.96. The number of nitrogen functional groups attached to an aromatic ring is 1. The predicted octanol–water partition coefficient (Wildman–Crippen LogP) is 3.07. The number of nitrogens with two attached hydrogens (primary N) is 1. The Balaban J connectivity index is 1.97. The molecule has 1 aliphatic rings. The molecule has 0 radical (unpaired) electrons. The number of carbonyl (C=O) groups excluding carboxylic acids is 1. The molecule has 1 fully saturated rings. The minimum absolute atomic E-state index is 0.121. The van der Waals surface area contributed by atoms with E-state index in [9.17, 15) is 9.18 Å². The molecule has 0 amide bonds. The van der Waals surface area contributed by atoms with Crippen molar-refractivity contribution < 1.29 is 13.9 Å². The number of rotatable bonds is 6. The SMILES string of the molecule is CCCCOC(=O)C1(Cc2ccc(F)c(N)c2)CC1. The van der Waals surface area contributed by atoms with Gasteiger partial charge in [0.15, 0.2) is 0 Å². The van der Waals surface area contributed by atoms with Crippen molar-refractivity contribution in [3.63, 3.8) is 0 Å². The van der Waals surface area contributed by atoms with E-state index in [1.54, 1.807) is 12.1 Å². The van der Waals surface area contributed by atoms with Crippen LogP contribution < -0.4 is 5.73 Å². The zero-order valence-corrected chi connectivity index (χ0v) is 11.2. The standard InChI is InChI=1S/C15H20FNO2/c1-2-3-8-19-14(18)15(6-7-15)10-11-4-5-12(16)13(17)9-11/h4-5,9H,2-3,6-8,10,17H2,1H3. The van der Waals surface area contributed by atoms with Gasteiger partial charge in [-0.1, -0.05) is 19.4 Å². The number of esters is 1. The Morgan fingerprint density at radius 1 is 1.47 bits per heavy atom. The summed E-state index contributed by atoms with van der Waals surface area (Å²) in [4.78, 5) is 12.0. The van der Waals surface area contributed by atoms with E-state index in [2.05, 4.69) is 6.92 Å². The van der Waals surface area contributed by atoms with Crippen LogP contribution in [-0.2, 0) is 16.0 Å². The molecule has 0 aromatic heterocycles. The number of hydrogen-bond donors (Lipinski definition) is 1. The number of benzene rings is 1. The Hall–Kier alpha value is -1.58. The van der Waals surface area contributed by atoms with Gasteiger partial charge in [-0.25, -0.2) is 4.39 Å². The largest absolute Gasteiger partial charge is 0.465 e. The van der Waals surface area contributed by atoms with Crippen molar-refractivity contribution in [2.45, 2.75) is 39.0 Å². The Kier molecular flexibility index (Phi) is 4.08. The van der Waals surface area contributed by atoms with Gasteiger partial charge >= 0.3 is 5.97 Å². The summed E-state index contributed by atoms with van der Waals surface area (Å²) in [6, 6.07) is 4.64. The maximum Gasteiger partial charge on any atom is 0.312 e.